The zero-order chi connectivity index (χ0) is 21.6. The summed E-state index contributed by atoms with van der Waals surface area (Å²) in [4.78, 5) is 2.46. The van der Waals surface area contributed by atoms with Crippen molar-refractivity contribution in [3.05, 3.63) is 102 Å². The summed E-state index contributed by atoms with van der Waals surface area (Å²) in [6, 6.07) is 27.1. The second-order valence-electron chi connectivity index (χ2n) is 9.56. The van der Waals surface area contributed by atoms with Gasteiger partial charge in [-0.2, -0.15) is 0 Å². The minimum Gasteiger partial charge on any atom is -0.339 e. The Kier molecular flexibility index (Phi) is 4.85. The first kappa shape index (κ1) is 19.9. The van der Waals surface area contributed by atoms with Crippen LogP contribution < -0.4 is 4.90 Å². The molecule has 1 heteroatoms. The molecule has 0 heterocycles. The molecule has 0 amide bonds. The molecule has 0 saturated carbocycles. The van der Waals surface area contributed by atoms with Gasteiger partial charge < -0.3 is 4.90 Å². The van der Waals surface area contributed by atoms with Crippen molar-refractivity contribution in [2.75, 3.05) is 4.90 Å². The fourth-order valence-corrected chi connectivity index (χ4v) is 5.33. The van der Waals surface area contributed by atoms with Crippen molar-refractivity contribution in [1.82, 2.24) is 0 Å². The number of allylic oxidation sites excluding steroid dienone is 4. The Bertz CT molecular complexity index is 1160. The quantitative estimate of drug-likeness (QED) is 0.422. The van der Waals surface area contributed by atoms with Crippen LogP contribution in [0.2, 0.25) is 0 Å². The lowest BCUT2D eigenvalue weighted by molar-refractivity contribution is 0.650. The molecule has 5 rings (SSSR count). The minimum absolute atomic E-state index is 0.0669. The molecule has 0 fully saturated rings. The Morgan fingerprint density at radius 2 is 1.48 bits per heavy atom. The van der Waals surface area contributed by atoms with Crippen LogP contribution in [0.4, 0.5) is 11.4 Å². The second kappa shape index (κ2) is 7.57. The highest BCUT2D eigenvalue weighted by Gasteiger charge is 2.37. The molecule has 3 aromatic carbocycles. The van der Waals surface area contributed by atoms with E-state index in [4.69, 9.17) is 0 Å². The molecule has 1 nitrogen and oxygen atoms in total. The lowest BCUT2D eigenvalue weighted by Crippen LogP contribution is -2.26. The number of benzene rings is 3. The highest BCUT2D eigenvalue weighted by molar-refractivity contribution is 5.85. The first-order chi connectivity index (χ1) is 15.0. The fourth-order valence-electron chi connectivity index (χ4n) is 5.33. The lowest BCUT2D eigenvalue weighted by atomic mass is 9.80. The first-order valence-corrected chi connectivity index (χ1v) is 11.5. The van der Waals surface area contributed by atoms with Crippen molar-refractivity contribution in [2.45, 2.75) is 52.0 Å². The zero-order valence-electron chi connectivity index (χ0n) is 19.0. The Balaban J connectivity index is 1.53. The van der Waals surface area contributed by atoms with E-state index in [0.717, 1.165) is 12.8 Å². The van der Waals surface area contributed by atoms with E-state index in [9.17, 15) is 0 Å². The molecule has 0 bridgehead atoms. The molecule has 0 aliphatic heterocycles. The third-order valence-corrected chi connectivity index (χ3v) is 6.89. The first-order valence-electron chi connectivity index (χ1n) is 11.5. The van der Waals surface area contributed by atoms with Gasteiger partial charge in [-0.3, -0.25) is 0 Å². The van der Waals surface area contributed by atoms with Gasteiger partial charge in [-0.05, 0) is 84.4 Å². The van der Waals surface area contributed by atoms with Crippen LogP contribution in [0.1, 0.15) is 51.7 Å². The van der Waals surface area contributed by atoms with Crippen molar-refractivity contribution >= 4 is 16.9 Å². The standard InChI is InChI=1S/C30H31N/c1-21(2)31(24-16-14-23(15-17-24)22-10-6-5-7-11-22)25-18-19-27-26-12-8-9-13-28(26)30(3,4)29(27)20-25/h5-7,9-11,13-21H,8,12H2,1-4H3. The normalized spacial score (nSPS) is 16.4. The van der Waals surface area contributed by atoms with Gasteiger partial charge in [0.1, 0.15) is 0 Å². The monoisotopic (exact) mass is 405 g/mol. The highest BCUT2D eigenvalue weighted by atomic mass is 15.2. The summed E-state index contributed by atoms with van der Waals surface area (Å²) in [6.07, 6.45) is 7.02. The third-order valence-electron chi connectivity index (χ3n) is 6.89. The molecular weight excluding hydrogens is 374 g/mol. The fraction of sp³-hybridized carbons (Fsp3) is 0.267. The summed E-state index contributed by atoms with van der Waals surface area (Å²) >= 11 is 0. The maximum Gasteiger partial charge on any atom is 0.0416 e. The van der Waals surface area contributed by atoms with Gasteiger partial charge in [0.15, 0.2) is 0 Å². The van der Waals surface area contributed by atoms with Crippen molar-refractivity contribution in [3.8, 4) is 11.1 Å². The smallest absolute Gasteiger partial charge is 0.0416 e. The number of rotatable bonds is 4. The van der Waals surface area contributed by atoms with Crippen molar-refractivity contribution in [1.29, 1.82) is 0 Å². The van der Waals surface area contributed by atoms with Crippen molar-refractivity contribution in [3.63, 3.8) is 0 Å². The van der Waals surface area contributed by atoms with Crippen LogP contribution in [0, 0.1) is 0 Å². The molecule has 2 aliphatic carbocycles. The van der Waals surface area contributed by atoms with E-state index in [-0.39, 0.29) is 5.41 Å². The molecule has 156 valence electrons. The average molecular weight is 406 g/mol. The number of hydrogen-bond acceptors (Lipinski definition) is 1. The van der Waals surface area contributed by atoms with Gasteiger partial charge >= 0.3 is 0 Å². The summed E-state index contributed by atoms with van der Waals surface area (Å²) in [7, 11) is 0. The Morgan fingerprint density at radius 3 is 2.19 bits per heavy atom. The predicted octanol–water partition coefficient (Wildman–Crippen LogP) is 8.29. The molecule has 31 heavy (non-hydrogen) atoms. The third kappa shape index (κ3) is 3.33. The van der Waals surface area contributed by atoms with E-state index in [2.05, 4.69) is 118 Å². The maximum absolute atomic E-state index is 2.46. The van der Waals surface area contributed by atoms with Gasteiger partial charge in [-0.15, -0.1) is 0 Å². The average Bonchev–Trinajstić information content (AvgIpc) is 3.02. The van der Waals surface area contributed by atoms with Gasteiger partial charge in [0.2, 0.25) is 0 Å². The van der Waals surface area contributed by atoms with Crippen molar-refractivity contribution in [2.24, 2.45) is 0 Å². The molecule has 2 aliphatic rings. The predicted molar refractivity (Wildman–Crippen MR) is 134 cm³/mol. The number of fused-ring (bicyclic) bond motifs is 2. The SMILES string of the molecule is CC(C)N(c1ccc(-c2ccccc2)cc1)c1ccc2c(c1)C(C)(C)C1=C2CCC=C1. The van der Waals surface area contributed by atoms with Crippen LogP contribution in [0.3, 0.4) is 0 Å². The molecule has 0 unspecified atom stereocenters. The van der Waals surface area contributed by atoms with Gasteiger partial charge in [-0.1, -0.05) is 74.5 Å². The van der Waals surface area contributed by atoms with Gasteiger partial charge in [0, 0.05) is 22.8 Å². The van der Waals surface area contributed by atoms with Crippen LogP contribution in [0.15, 0.2) is 90.5 Å². The van der Waals surface area contributed by atoms with Crippen LogP contribution in [-0.4, -0.2) is 6.04 Å². The van der Waals surface area contributed by atoms with Crippen LogP contribution in [-0.2, 0) is 5.41 Å². The maximum atomic E-state index is 2.46. The van der Waals surface area contributed by atoms with E-state index in [1.807, 2.05) is 0 Å². The summed E-state index contributed by atoms with van der Waals surface area (Å²) in [5.74, 6) is 0. The molecule has 0 saturated heterocycles. The number of nitrogens with zero attached hydrogens (tertiary/aromatic N) is 1. The summed E-state index contributed by atoms with van der Waals surface area (Å²) in [6.45, 7) is 9.30. The van der Waals surface area contributed by atoms with Crippen LogP contribution >= 0.6 is 0 Å². The van der Waals surface area contributed by atoms with E-state index in [1.165, 1.54) is 39.2 Å². The summed E-state index contributed by atoms with van der Waals surface area (Å²) in [5, 5.41) is 0. The van der Waals surface area contributed by atoms with Crippen LogP contribution in [0.25, 0.3) is 16.7 Å². The van der Waals surface area contributed by atoms with Gasteiger partial charge in [-0.25, -0.2) is 0 Å². The van der Waals surface area contributed by atoms with Crippen LogP contribution in [0.5, 0.6) is 0 Å². The van der Waals surface area contributed by atoms with E-state index >= 15 is 0 Å². The van der Waals surface area contributed by atoms with Gasteiger partial charge in [0.05, 0.1) is 0 Å². The lowest BCUT2D eigenvalue weighted by Gasteiger charge is -2.31. The van der Waals surface area contributed by atoms with Crippen molar-refractivity contribution < 1.29 is 0 Å². The Hall–Kier alpha value is -3.06. The minimum atomic E-state index is 0.0669. The number of anilines is 2. The highest BCUT2D eigenvalue weighted by Crippen LogP contribution is 2.51. The zero-order valence-corrected chi connectivity index (χ0v) is 19.0. The molecule has 0 N–H and O–H groups in total. The largest absolute Gasteiger partial charge is 0.339 e. The Labute approximate surface area is 186 Å². The molecular formula is C30H31N. The second-order valence-corrected chi connectivity index (χ2v) is 9.56. The van der Waals surface area contributed by atoms with E-state index < -0.39 is 0 Å². The van der Waals surface area contributed by atoms with Gasteiger partial charge in [0.25, 0.3) is 0 Å². The molecule has 0 radical (unpaired) electrons. The molecule has 0 atom stereocenters. The number of hydrogen-bond donors (Lipinski definition) is 0. The molecule has 3 aromatic rings. The topological polar surface area (TPSA) is 3.24 Å². The molecule has 0 spiro atoms. The summed E-state index contributed by atoms with van der Waals surface area (Å²) in [5.41, 5.74) is 11.1. The van der Waals surface area contributed by atoms with E-state index in [1.54, 1.807) is 5.57 Å². The van der Waals surface area contributed by atoms with E-state index in [0.29, 0.717) is 6.04 Å². The Morgan fingerprint density at radius 1 is 0.806 bits per heavy atom. The molecule has 0 aromatic heterocycles. The summed E-state index contributed by atoms with van der Waals surface area (Å²) < 4.78 is 0.